The van der Waals surface area contributed by atoms with Crippen LogP contribution in [0.1, 0.15) is 26.3 Å². The van der Waals surface area contributed by atoms with Crippen LogP contribution in [0.15, 0.2) is 58.5 Å². The first-order valence-electron chi connectivity index (χ1n) is 8.69. The van der Waals surface area contributed by atoms with E-state index in [2.05, 4.69) is 10.3 Å². The molecule has 0 aliphatic rings. The van der Waals surface area contributed by atoms with Crippen molar-refractivity contribution in [3.8, 4) is 0 Å². The summed E-state index contributed by atoms with van der Waals surface area (Å²) in [6.45, 7) is 4.00. The van der Waals surface area contributed by atoms with E-state index in [1.165, 1.54) is 11.8 Å². The number of benzene rings is 2. The van der Waals surface area contributed by atoms with E-state index in [0.29, 0.717) is 26.8 Å². The maximum absolute atomic E-state index is 12.9. The molecular formula is C20H20ClN3O2S. The molecule has 0 aliphatic heterocycles. The smallest absolute Gasteiger partial charge is 0.262 e. The number of carbonyl (C=O) groups is 1. The number of fused-ring (bicyclic) bond motifs is 1. The van der Waals surface area contributed by atoms with Crippen LogP contribution in [0.3, 0.4) is 0 Å². The van der Waals surface area contributed by atoms with Gasteiger partial charge in [-0.3, -0.25) is 14.2 Å². The third-order valence-corrected chi connectivity index (χ3v) is 5.44. The van der Waals surface area contributed by atoms with Gasteiger partial charge in [-0.05, 0) is 43.7 Å². The monoisotopic (exact) mass is 401 g/mol. The van der Waals surface area contributed by atoms with Crippen LogP contribution >= 0.6 is 23.4 Å². The molecule has 0 spiro atoms. The van der Waals surface area contributed by atoms with Crippen LogP contribution in [0.2, 0.25) is 5.02 Å². The summed E-state index contributed by atoms with van der Waals surface area (Å²) in [5.41, 5.74) is 1.20. The van der Waals surface area contributed by atoms with Crippen LogP contribution in [-0.2, 0) is 4.79 Å². The zero-order chi connectivity index (χ0) is 19.4. The molecule has 1 heterocycles. The van der Waals surface area contributed by atoms with Crippen LogP contribution < -0.4 is 10.9 Å². The largest absolute Gasteiger partial charge is 0.325 e. The maximum Gasteiger partial charge on any atom is 0.262 e. The van der Waals surface area contributed by atoms with Gasteiger partial charge in [0, 0.05) is 16.8 Å². The molecule has 0 aliphatic carbocycles. The van der Waals surface area contributed by atoms with E-state index in [9.17, 15) is 9.59 Å². The van der Waals surface area contributed by atoms with Gasteiger partial charge in [0.05, 0.1) is 16.7 Å². The first kappa shape index (κ1) is 19.5. The summed E-state index contributed by atoms with van der Waals surface area (Å²) in [6.07, 6.45) is 0.794. The van der Waals surface area contributed by atoms with E-state index >= 15 is 0 Å². The summed E-state index contributed by atoms with van der Waals surface area (Å²) >= 11 is 7.20. The minimum atomic E-state index is -0.180. The summed E-state index contributed by atoms with van der Waals surface area (Å²) in [5.74, 6) is -0.0337. The van der Waals surface area contributed by atoms with Crippen LogP contribution in [0.4, 0.5) is 5.69 Å². The molecule has 0 radical (unpaired) electrons. The van der Waals surface area contributed by atoms with Crippen LogP contribution in [0.5, 0.6) is 0 Å². The number of rotatable bonds is 6. The average Bonchev–Trinajstić information content (AvgIpc) is 2.66. The number of thioether (sulfide) groups is 1. The van der Waals surface area contributed by atoms with Crippen molar-refractivity contribution in [2.24, 2.45) is 0 Å². The van der Waals surface area contributed by atoms with Crippen molar-refractivity contribution in [2.45, 2.75) is 31.5 Å². The van der Waals surface area contributed by atoms with Gasteiger partial charge in [0.15, 0.2) is 5.16 Å². The third kappa shape index (κ3) is 4.51. The molecule has 0 fully saturated rings. The second-order valence-corrected chi connectivity index (χ2v) is 7.57. The highest BCUT2D eigenvalue weighted by Gasteiger charge is 2.16. The number of hydrogen-bond acceptors (Lipinski definition) is 4. The fourth-order valence-electron chi connectivity index (χ4n) is 2.69. The van der Waals surface area contributed by atoms with Gasteiger partial charge in [-0.15, -0.1) is 0 Å². The van der Waals surface area contributed by atoms with Crippen molar-refractivity contribution < 1.29 is 4.79 Å². The van der Waals surface area contributed by atoms with Crippen LogP contribution in [0, 0.1) is 0 Å². The molecule has 1 aromatic heterocycles. The number of halogens is 1. The highest BCUT2D eigenvalue weighted by molar-refractivity contribution is 7.99. The molecule has 2 aromatic carbocycles. The molecule has 27 heavy (non-hydrogen) atoms. The molecule has 140 valence electrons. The third-order valence-electron chi connectivity index (χ3n) is 4.25. The fraction of sp³-hybridized carbons (Fsp3) is 0.250. The van der Waals surface area contributed by atoms with Crippen molar-refractivity contribution in [1.29, 1.82) is 0 Å². The highest BCUT2D eigenvalue weighted by atomic mass is 35.5. The van der Waals surface area contributed by atoms with Crippen LogP contribution in [0.25, 0.3) is 10.9 Å². The lowest BCUT2D eigenvalue weighted by molar-refractivity contribution is -0.113. The Balaban J connectivity index is 1.85. The van der Waals surface area contributed by atoms with E-state index < -0.39 is 0 Å². The molecule has 1 atom stereocenters. The first-order valence-corrected chi connectivity index (χ1v) is 10.1. The number of nitrogens with one attached hydrogen (secondary N) is 1. The van der Waals surface area contributed by atoms with Gasteiger partial charge in [-0.25, -0.2) is 4.98 Å². The van der Waals surface area contributed by atoms with Gasteiger partial charge in [0.1, 0.15) is 0 Å². The van der Waals surface area contributed by atoms with Crippen molar-refractivity contribution in [1.82, 2.24) is 9.55 Å². The Morgan fingerprint density at radius 2 is 2.04 bits per heavy atom. The number of anilines is 1. The lowest BCUT2D eigenvalue weighted by Crippen LogP contribution is -2.26. The zero-order valence-corrected chi connectivity index (χ0v) is 16.7. The zero-order valence-electron chi connectivity index (χ0n) is 15.1. The molecule has 3 aromatic rings. The van der Waals surface area contributed by atoms with Gasteiger partial charge < -0.3 is 5.32 Å². The normalized spacial score (nSPS) is 12.1. The Hall–Kier alpha value is -2.31. The first-order chi connectivity index (χ1) is 13.0. The SMILES string of the molecule is CC[C@H](C)n1c(SCC(=O)Nc2cccc(Cl)c2)nc2ccccc2c1=O. The Bertz CT molecular complexity index is 1040. The van der Waals surface area contributed by atoms with E-state index in [0.717, 1.165) is 6.42 Å². The Morgan fingerprint density at radius 3 is 2.78 bits per heavy atom. The molecule has 3 rings (SSSR count). The number of amides is 1. The standard InChI is InChI=1S/C20H20ClN3O2S/c1-3-13(2)24-19(26)16-9-4-5-10-17(16)23-20(24)27-12-18(25)22-15-8-6-7-14(21)11-15/h4-11,13H,3,12H2,1-2H3,(H,22,25)/t13-/m0/s1. The predicted octanol–water partition coefficient (Wildman–Crippen LogP) is 4.75. The Labute approximate surface area is 166 Å². The van der Waals surface area contributed by atoms with E-state index in [1.807, 2.05) is 32.0 Å². The number of hydrogen-bond donors (Lipinski definition) is 1. The molecule has 1 amide bonds. The van der Waals surface area contributed by atoms with E-state index in [1.54, 1.807) is 34.9 Å². The maximum atomic E-state index is 12.9. The van der Waals surface area contributed by atoms with Crippen molar-refractivity contribution in [3.63, 3.8) is 0 Å². The second kappa shape index (κ2) is 8.59. The molecule has 0 saturated heterocycles. The number of nitrogens with zero attached hydrogens (tertiary/aromatic N) is 2. The predicted molar refractivity (Wildman–Crippen MR) is 112 cm³/mol. The molecule has 5 nitrogen and oxygen atoms in total. The molecule has 0 unspecified atom stereocenters. The minimum Gasteiger partial charge on any atom is -0.325 e. The molecular weight excluding hydrogens is 382 g/mol. The number of aromatic nitrogens is 2. The summed E-state index contributed by atoms with van der Waals surface area (Å²) in [4.78, 5) is 29.8. The van der Waals surface area contributed by atoms with Crippen LogP contribution in [-0.4, -0.2) is 21.2 Å². The summed E-state index contributed by atoms with van der Waals surface area (Å²) < 4.78 is 1.68. The quantitative estimate of drug-likeness (QED) is 0.478. The van der Waals surface area contributed by atoms with Gasteiger partial charge in [0.2, 0.25) is 5.91 Å². The summed E-state index contributed by atoms with van der Waals surface area (Å²) in [7, 11) is 0. The minimum absolute atomic E-state index is 0.00639. The van der Waals surface area contributed by atoms with E-state index in [4.69, 9.17) is 11.6 Å². The topological polar surface area (TPSA) is 64.0 Å². The van der Waals surface area contributed by atoms with Gasteiger partial charge in [-0.1, -0.05) is 48.5 Å². The molecule has 1 N–H and O–H groups in total. The molecule has 0 saturated carbocycles. The Morgan fingerprint density at radius 1 is 1.26 bits per heavy atom. The van der Waals surface area contributed by atoms with Gasteiger partial charge in [0.25, 0.3) is 5.56 Å². The molecule has 7 heteroatoms. The van der Waals surface area contributed by atoms with Gasteiger partial charge >= 0.3 is 0 Å². The lowest BCUT2D eigenvalue weighted by atomic mass is 10.2. The lowest BCUT2D eigenvalue weighted by Gasteiger charge is -2.18. The Kier molecular flexibility index (Phi) is 6.19. The summed E-state index contributed by atoms with van der Waals surface area (Å²) in [5, 5.41) is 4.50. The average molecular weight is 402 g/mol. The number of carbonyl (C=O) groups excluding carboxylic acids is 1. The van der Waals surface area contributed by atoms with Gasteiger partial charge in [-0.2, -0.15) is 0 Å². The van der Waals surface area contributed by atoms with Crippen molar-refractivity contribution >= 4 is 45.9 Å². The van der Waals surface area contributed by atoms with Crippen molar-refractivity contribution in [2.75, 3.05) is 11.1 Å². The summed E-state index contributed by atoms with van der Waals surface area (Å²) in [6, 6.07) is 14.3. The number of para-hydroxylation sites is 1. The molecule has 0 bridgehead atoms. The van der Waals surface area contributed by atoms with E-state index in [-0.39, 0.29) is 23.3 Å². The highest BCUT2D eigenvalue weighted by Crippen LogP contribution is 2.23. The van der Waals surface area contributed by atoms with Crippen molar-refractivity contribution in [3.05, 3.63) is 63.9 Å². The second-order valence-electron chi connectivity index (χ2n) is 6.19. The fourth-order valence-corrected chi connectivity index (χ4v) is 3.78.